The Morgan fingerprint density at radius 1 is 1.06 bits per heavy atom. The number of nitrogens with one attached hydrogen (secondary N) is 1. The second-order valence-corrected chi connectivity index (χ2v) is 8.27. The highest BCUT2D eigenvalue weighted by Crippen LogP contribution is 2.23. The van der Waals surface area contributed by atoms with E-state index in [0.29, 0.717) is 30.2 Å². The van der Waals surface area contributed by atoms with Crippen molar-refractivity contribution in [1.29, 1.82) is 0 Å². The number of aromatic nitrogens is 4. The van der Waals surface area contributed by atoms with Crippen LogP contribution in [0.5, 0.6) is 0 Å². The normalized spacial score (nSPS) is 11.0. The van der Waals surface area contributed by atoms with Crippen molar-refractivity contribution < 1.29 is 14.3 Å². The average Bonchev–Trinajstić information content (AvgIpc) is 2.76. The first-order chi connectivity index (χ1) is 15.3. The number of rotatable bonds is 11. The maximum atomic E-state index is 12.9. The number of unbranched alkanes of at least 4 members (excludes halogenated alkanes) is 3. The number of carbonyl (C=O) groups excluding carboxylic acids is 2. The highest BCUT2D eigenvalue weighted by Gasteiger charge is 2.20. The van der Waals surface area contributed by atoms with Crippen LogP contribution in [-0.2, 0) is 29.5 Å². The molecule has 0 aliphatic carbocycles. The third kappa shape index (κ3) is 6.41. The number of nitrogens with zero attached hydrogens (tertiary/aromatic N) is 4. The number of fused-ring (bicyclic) bond motifs is 1. The maximum Gasteiger partial charge on any atom is 0.413 e. The van der Waals surface area contributed by atoms with Gasteiger partial charge in [-0.2, -0.15) is 0 Å². The number of carbonyl (C=O) groups is 2. The number of hydrogen-bond donors (Lipinski definition) is 1. The van der Waals surface area contributed by atoms with Gasteiger partial charge in [-0.3, -0.25) is 24.0 Å². The van der Waals surface area contributed by atoms with Gasteiger partial charge in [0.2, 0.25) is 5.91 Å². The zero-order valence-corrected chi connectivity index (χ0v) is 19.9. The quantitative estimate of drug-likeness (QED) is 0.305. The molecule has 11 heteroatoms. The highest BCUT2D eigenvalue weighted by molar-refractivity contribution is 8.00. The van der Waals surface area contributed by atoms with Crippen molar-refractivity contribution in [3.05, 3.63) is 26.7 Å². The van der Waals surface area contributed by atoms with Gasteiger partial charge in [0.05, 0.1) is 12.4 Å². The van der Waals surface area contributed by atoms with E-state index in [1.54, 1.807) is 6.92 Å². The van der Waals surface area contributed by atoms with Crippen LogP contribution in [0.2, 0.25) is 0 Å². The summed E-state index contributed by atoms with van der Waals surface area (Å²) in [6, 6.07) is 0. The summed E-state index contributed by atoms with van der Waals surface area (Å²) in [6.07, 6.45) is 4.58. The van der Waals surface area contributed by atoms with Crippen molar-refractivity contribution in [2.24, 2.45) is 7.05 Å². The van der Waals surface area contributed by atoms with Crippen molar-refractivity contribution in [3.8, 4) is 0 Å². The Hall–Kier alpha value is -2.69. The highest BCUT2D eigenvalue weighted by atomic mass is 32.2. The average molecular weight is 466 g/mol. The van der Waals surface area contributed by atoms with E-state index in [0.717, 1.165) is 42.0 Å². The summed E-state index contributed by atoms with van der Waals surface area (Å²) < 4.78 is 7.23. The van der Waals surface area contributed by atoms with Crippen LogP contribution in [0.3, 0.4) is 0 Å². The topological polar surface area (TPSA) is 125 Å². The lowest BCUT2D eigenvalue weighted by atomic mass is 10.1. The molecule has 0 bridgehead atoms. The summed E-state index contributed by atoms with van der Waals surface area (Å²) in [5, 5.41) is 2.65. The third-order valence-electron chi connectivity index (χ3n) is 4.75. The summed E-state index contributed by atoms with van der Waals surface area (Å²) in [6.45, 7) is 6.26. The number of hydrogen-bond acceptors (Lipinski definition) is 8. The van der Waals surface area contributed by atoms with Crippen molar-refractivity contribution in [2.45, 2.75) is 70.9 Å². The summed E-state index contributed by atoms with van der Waals surface area (Å²) >= 11 is 1.03. The molecule has 0 saturated carbocycles. The lowest BCUT2D eigenvalue weighted by Gasteiger charge is -2.14. The largest absolute Gasteiger partial charge is 0.450 e. The van der Waals surface area contributed by atoms with Crippen molar-refractivity contribution in [1.82, 2.24) is 24.4 Å². The van der Waals surface area contributed by atoms with E-state index in [9.17, 15) is 19.2 Å². The van der Waals surface area contributed by atoms with Gasteiger partial charge in [-0.25, -0.2) is 19.6 Å². The lowest BCUT2D eigenvalue weighted by Crippen LogP contribution is -2.39. The Balaban J connectivity index is 2.48. The molecule has 176 valence electrons. The van der Waals surface area contributed by atoms with E-state index in [4.69, 9.17) is 4.74 Å². The summed E-state index contributed by atoms with van der Waals surface area (Å²) in [4.78, 5) is 58.3. The standard InChI is InChI=1S/C21H31N5O5S/c1-5-8-9-10-11-14-22-17-16(19(28)25(4)21(30)26(17)12-6-2)18(23-14)32-13-15(27)24-20(29)31-7-3/h5-13H2,1-4H3,(H,24,27,29). The van der Waals surface area contributed by atoms with Crippen LogP contribution in [0.25, 0.3) is 11.0 Å². The summed E-state index contributed by atoms with van der Waals surface area (Å²) in [7, 11) is 1.41. The Morgan fingerprint density at radius 3 is 2.47 bits per heavy atom. The molecule has 2 rings (SSSR count). The minimum atomic E-state index is -0.824. The first kappa shape index (κ1) is 25.6. The van der Waals surface area contributed by atoms with E-state index in [2.05, 4.69) is 22.2 Å². The molecule has 1 N–H and O–H groups in total. The van der Waals surface area contributed by atoms with E-state index < -0.39 is 23.2 Å². The molecule has 0 spiro atoms. The minimum Gasteiger partial charge on any atom is -0.450 e. The van der Waals surface area contributed by atoms with Crippen LogP contribution in [0.1, 0.15) is 58.7 Å². The molecule has 32 heavy (non-hydrogen) atoms. The summed E-state index contributed by atoms with van der Waals surface area (Å²) in [5.74, 6) is -0.182. The smallest absolute Gasteiger partial charge is 0.413 e. The maximum absolute atomic E-state index is 12.9. The van der Waals surface area contributed by atoms with E-state index in [1.165, 1.54) is 11.6 Å². The van der Waals surface area contributed by atoms with E-state index in [1.807, 2.05) is 6.92 Å². The van der Waals surface area contributed by atoms with Crippen LogP contribution in [0.15, 0.2) is 14.6 Å². The molecule has 2 aromatic rings. The third-order valence-corrected chi connectivity index (χ3v) is 5.73. The minimum absolute atomic E-state index is 0.143. The molecule has 2 amide bonds. The van der Waals surface area contributed by atoms with Crippen LogP contribution in [0, 0.1) is 0 Å². The first-order valence-electron chi connectivity index (χ1n) is 10.9. The number of alkyl carbamates (subject to hydrolysis) is 1. The van der Waals surface area contributed by atoms with Gasteiger partial charge >= 0.3 is 11.8 Å². The molecule has 2 aromatic heterocycles. The van der Waals surface area contributed by atoms with Gasteiger partial charge in [0, 0.05) is 20.0 Å². The zero-order chi connectivity index (χ0) is 23.7. The van der Waals surface area contributed by atoms with Gasteiger partial charge in [0.25, 0.3) is 5.56 Å². The van der Waals surface area contributed by atoms with Gasteiger partial charge in [0.1, 0.15) is 16.2 Å². The molecule has 0 aromatic carbocycles. The van der Waals surface area contributed by atoms with Crippen LogP contribution in [0.4, 0.5) is 4.79 Å². The molecule has 0 unspecified atom stereocenters. The number of aryl methyl sites for hydroxylation is 2. The Bertz CT molecular complexity index is 1080. The molecule has 2 heterocycles. The molecular weight excluding hydrogens is 434 g/mol. The molecule has 0 radical (unpaired) electrons. The van der Waals surface area contributed by atoms with Gasteiger partial charge in [-0.1, -0.05) is 44.9 Å². The first-order valence-corrected chi connectivity index (χ1v) is 11.9. The predicted molar refractivity (Wildman–Crippen MR) is 123 cm³/mol. The second kappa shape index (κ2) is 12.4. The lowest BCUT2D eigenvalue weighted by molar-refractivity contribution is -0.117. The van der Waals surface area contributed by atoms with Gasteiger partial charge < -0.3 is 4.74 Å². The molecule has 0 atom stereocenters. The molecule has 0 fully saturated rings. The molecule has 0 aliphatic rings. The molecule has 0 aliphatic heterocycles. The van der Waals surface area contributed by atoms with Crippen LogP contribution >= 0.6 is 11.8 Å². The molecule has 0 saturated heterocycles. The fourth-order valence-corrected chi connectivity index (χ4v) is 4.02. The monoisotopic (exact) mass is 465 g/mol. The molecule has 10 nitrogen and oxygen atoms in total. The fourth-order valence-electron chi connectivity index (χ4n) is 3.18. The van der Waals surface area contributed by atoms with E-state index >= 15 is 0 Å². The number of amides is 2. The fraction of sp³-hybridized carbons (Fsp3) is 0.619. The predicted octanol–water partition coefficient (Wildman–Crippen LogP) is 2.39. The number of ether oxygens (including phenoxy) is 1. The van der Waals surface area contributed by atoms with Crippen molar-refractivity contribution in [2.75, 3.05) is 12.4 Å². The van der Waals surface area contributed by atoms with Gasteiger partial charge in [0.15, 0.2) is 5.65 Å². The Kier molecular flexibility index (Phi) is 9.89. The second-order valence-electron chi connectivity index (χ2n) is 7.31. The van der Waals surface area contributed by atoms with Crippen molar-refractivity contribution >= 4 is 34.8 Å². The van der Waals surface area contributed by atoms with Crippen molar-refractivity contribution in [3.63, 3.8) is 0 Å². The molecular formula is C21H31N5O5S. The zero-order valence-electron chi connectivity index (χ0n) is 19.1. The number of thioether (sulfide) groups is 1. The Morgan fingerprint density at radius 2 is 1.81 bits per heavy atom. The van der Waals surface area contributed by atoms with Gasteiger partial charge in [-0.15, -0.1) is 0 Å². The SMILES string of the molecule is CCCCCCc1nc(SCC(=O)NC(=O)OCC)c2c(=O)n(C)c(=O)n(CCC)c2n1. The van der Waals surface area contributed by atoms with Gasteiger partial charge in [-0.05, 0) is 19.8 Å². The number of imide groups is 1. The van der Waals surface area contributed by atoms with Crippen LogP contribution < -0.4 is 16.6 Å². The Labute approximate surface area is 190 Å². The summed E-state index contributed by atoms with van der Waals surface area (Å²) in [5.41, 5.74) is -0.659. The van der Waals surface area contributed by atoms with E-state index in [-0.39, 0.29) is 23.4 Å². The van der Waals surface area contributed by atoms with Crippen LogP contribution in [-0.4, -0.2) is 43.5 Å².